The molecule has 0 bridgehead atoms. The molecule has 3 aromatic rings. The summed E-state index contributed by atoms with van der Waals surface area (Å²) in [5.41, 5.74) is 1.38. The summed E-state index contributed by atoms with van der Waals surface area (Å²) in [5.74, 6) is 0.620. The van der Waals surface area contributed by atoms with Crippen LogP contribution in [0, 0.1) is 6.92 Å². The Morgan fingerprint density at radius 3 is 2.76 bits per heavy atom. The Morgan fingerprint density at radius 2 is 2.04 bits per heavy atom. The molecule has 0 saturated carbocycles. The van der Waals surface area contributed by atoms with E-state index in [4.69, 9.17) is 16.0 Å². The number of hydrogen-bond acceptors (Lipinski definition) is 6. The van der Waals surface area contributed by atoms with Crippen LogP contribution in [0.2, 0.25) is 5.02 Å². The summed E-state index contributed by atoms with van der Waals surface area (Å²) in [5, 5.41) is 8.21. The molecule has 0 fully saturated rings. The summed E-state index contributed by atoms with van der Waals surface area (Å²) in [7, 11) is -3.65. The minimum absolute atomic E-state index is 0.114. The molecule has 3 rings (SSSR count). The molecular formula is C16H15ClN4O3S. The number of aromatic nitrogens is 3. The van der Waals surface area contributed by atoms with Gasteiger partial charge in [-0.05, 0) is 36.8 Å². The molecule has 0 unspecified atom stereocenters. The first-order valence-electron chi connectivity index (χ1n) is 7.45. The Morgan fingerprint density at radius 1 is 1.20 bits per heavy atom. The SMILES string of the molecule is Cc1ccc(S(=O)(=O)NCCc2nnc(-c3ccccn3)o2)cc1Cl. The van der Waals surface area contributed by atoms with Crippen LogP contribution in [0.15, 0.2) is 51.9 Å². The monoisotopic (exact) mass is 378 g/mol. The van der Waals surface area contributed by atoms with Gasteiger partial charge in [0.1, 0.15) is 5.69 Å². The van der Waals surface area contributed by atoms with E-state index in [9.17, 15) is 8.42 Å². The molecule has 7 nitrogen and oxygen atoms in total. The van der Waals surface area contributed by atoms with Gasteiger partial charge < -0.3 is 4.42 Å². The summed E-state index contributed by atoms with van der Waals surface area (Å²) < 4.78 is 32.5. The molecule has 130 valence electrons. The fourth-order valence-corrected chi connectivity index (χ4v) is 3.37. The van der Waals surface area contributed by atoms with Crippen LogP contribution in [0.5, 0.6) is 0 Å². The van der Waals surface area contributed by atoms with Gasteiger partial charge in [-0.2, -0.15) is 0 Å². The topological polar surface area (TPSA) is 98.0 Å². The van der Waals surface area contributed by atoms with E-state index in [1.54, 1.807) is 31.3 Å². The molecule has 0 amide bonds. The zero-order chi connectivity index (χ0) is 17.9. The summed E-state index contributed by atoms with van der Waals surface area (Å²) in [4.78, 5) is 4.23. The fraction of sp³-hybridized carbons (Fsp3) is 0.188. The Bertz CT molecular complexity index is 974. The summed E-state index contributed by atoms with van der Waals surface area (Å²) in [6, 6.07) is 9.94. The predicted molar refractivity (Wildman–Crippen MR) is 92.6 cm³/mol. The smallest absolute Gasteiger partial charge is 0.266 e. The Labute approximate surface area is 150 Å². The molecule has 0 aliphatic heterocycles. The number of aryl methyl sites for hydroxylation is 1. The molecule has 0 radical (unpaired) electrons. The number of nitrogens with one attached hydrogen (secondary N) is 1. The second-order valence-electron chi connectivity index (χ2n) is 5.27. The number of benzene rings is 1. The maximum atomic E-state index is 12.3. The van der Waals surface area contributed by atoms with Crippen molar-refractivity contribution < 1.29 is 12.8 Å². The zero-order valence-corrected chi connectivity index (χ0v) is 14.9. The first kappa shape index (κ1) is 17.5. The van der Waals surface area contributed by atoms with Crippen molar-refractivity contribution in [3.63, 3.8) is 0 Å². The van der Waals surface area contributed by atoms with E-state index in [0.29, 0.717) is 22.5 Å². The summed E-state index contributed by atoms with van der Waals surface area (Å²) >= 11 is 5.98. The first-order valence-corrected chi connectivity index (χ1v) is 9.31. The van der Waals surface area contributed by atoms with E-state index in [-0.39, 0.29) is 17.9 Å². The van der Waals surface area contributed by atoms with Crippen molar-refractivity contribution in [2.75, 3.05) is 6.54 Å². The van der Waals surface area contributed by atoms with Crippen molar-refractivity contribution in [1.29, 1.82) is 0 Å². The van der Waals surface area contributed by atoms with Crippen molar-refractivity contribution in [3.05, 3.63) is 59.1 Å². The van der Waals surface area contributed by atoms with Crippen LogP contribution < -0.4 is 4.72 Å². The van der Waals surface area contributed by atoms with Gasteiger partial charge in [0, 0.05) is 24.2 Å². The van der Waals surface area contributed by atoms with Crippen LogP contribution in [0.25, 0.3) is 11.6 Å². The number of halogens is 1. The summed E-state index contributed by atoms with van der Waals surface area (Å²) in [6.45, 7) is 1.93. The quantitative estimate of drug-likeness (QED) is 0.708. The average molecular weight is 379 g/mol. The molecule has 2 aromatic heterocycles. The zero-order valence-electron chi connectivity index (χ0n) is 13.3. The van der Waals surface area contributed by atoms with Gasteiger partial charge in [0.05, 0.1) is 4.90 Å². The van der Waals surface area contributed by atoms with Crippen molar-refractivity contribution in [2.45, 2.75) is 18.2 Å². The van der Waals surface area contributed by atoms with Crippen LogP contribution in [0.1, 0.15) is 11.5 Å². The van der Waals surface area contributed by atoms with Crippen LogP contribution in [-0.4, -0.2) is 30.1 Å². The van der Waals surface area contributed by atoms with Crippen LogP contribution >= 0.6 is 11.6 Å². The van der Waals surface area contributed by atoms with Gasteiger partial charge in [0.2, 0.25) is 15.9 Å². The number of nitrogens with zero attached hydrogens (tertiary/aromatic N) is 3. The van der Waals surface area contributed by atoms with Crippen molar-refractivity contribution in [3.8, 4) is 11.6 Å². The lowest BCUT2D eigenvalue weighted by atomic mass is 10.2. The third-order valence-electron chi connectivity index (χ3n) is 3.44. The van der Waals surface area contributed by atoms with Gasteiger partial charge in [-0.15, -0.1) is 10.2 Å². The molecule has 1 N–H and O–H groups in total. The molecule has 9 heteroatoms. The van der Waals surface area contributed by atoms with Gasteiger partial charge in [-0.1, -0.05) is 23.7 Å². The highest BCUT2D eigenvalue weighted by molar-refractivity contribution is 7.89. The highest BCUT2D eigenvalue weighted by Gasteiger charge is 2.16. The molecule has 0 spiro atoms. The standard InChI is InChI=1S/C16H15ClN4O3S/c1-11-5-6-12(10-13(11)17)25(22,23)19-9-7-15-20-21-16(24-15)14-4-2-3-8-18-14/h2-6,8,10,19H,7,9H2,1H3. The highest BCUT2D eigenvalue weighted by Crippen LogP contribution is 2.20. The van der Waals surface area contributed by atoms with Gasteiger partial charge in [-0.3, -0.25) is 4.98 Å². The van der Waals surface area contributed by atoms with E-state index in [0.717, 1.165) is 5.56 Å². The van der Waals surface area contributed by atoms with Gasteiger partial charge in [-0.25, -0.2) is 13.1 Å². The number of sulfonamides is 1. The van der Waals surface area contributed by atoms with E-state index in [2.05, 4.69) is 19.9 Å². The van der Waals surface area contributed by atoms with Crippen molar-refractivity contribution in [1.82, 2.24) is 19.9 Å². The van der Waals surface area contributed by atoms with E-state index < -0.39 is 10.0 Å². The largest absolute Gasteiger partial charge is 0.419 e. The molecular weight excluding hydrogens is 364 g/mol. The van der Waals surface area contributed by atoms with Gasteiger partial charge in [0.25, 0.3) is 5.89 Å². The Hall–Kier alpha value is -2.29. The second-order valence-corrected chi connectivity index (χ2v) is 7.45. The predicted octanol–water partition coefficient (Wildman–Crippen LogP) is 2.61. The van der Waals surface area contributed by atoms with Crippen LogP contribution in [0.4, 0.5) is 0 Å². The average Bonchev–Trinajstić information content (AvgIpc) is 3.07. The van der Waals surface area contributed by atoms with Crippen LogP contribution in [0.3, 0.4) is 0 Å². The third-order valence-corrected chi connectivity index (χ3v) is 5.30. The normalized spacial score (nSPS) is 11.6. The number of hydrogen-bond donors (Lipinski definition) is 1. The second kappa shape index (κ2) is 7.30. The van der Waals surface area contributed by atoms with Gasteiger partial charge in [0.15, 0.2) is 0 Å². The molecule has 25 heavy (non-hydrogen) atoms. The van der Waals surface area contributed by atoms with Crippen molar-refractivity contribution in [2.24, 2.45) is 0 Å². The lowest BCUT2D eigenvalue weighted by Crippen LogP contribution is -2.26. The molecule has 0 aliphatic carbocycles. The van der Waals surface area contributed by atoms with Gasteiger partial charge >= 0.3 is 0 Å². The summed E-state index contributed by atoms with van der Waals surface area (Å²) in [6.07, 6.45) is 1.89. The first-order chi connectivity index (χ1) is 12.0. The van der Waals surface area contributed by atoms with E-state index in [1.807, 2.05) is 6.07 Å². The fourth-order valence-electron chi connectivity index (χ4n) is 2.06. The van der Waals surface area contributed by atoms with Crippen LogP contribution in [-0.2, 0) is 16.4 Å². The molecule has 0 atom stereocenters. The highest BCUT2D eigenvalue weighted by atomic mass is 35.5. The molecule has 0 saturated heterocycles. The maximum absolute atomic E-state index is 12.3. The van der Waals surface area contributed by atoms with E-state index >= 15 is 0 Å². The lowest BCUT2D eigenvalue weighted by Gasteiger charge is -2.07. The molecule has 0 aliphatic rings. The Balaban J connectivity index is 1.63. The minimum atomic E-state index is -3.65. The Kier molecular flexibility index (Phi) is 5.12. The van der Waals surface area contributed by atoms with Crippen molar-refractivity contribution >= 4 is 21.6 Å². The number of rotatable bonds is 6. The third kappa shape index (κ3) is 4.22. The molecule has 1 aromatic carbocycles. The number of pyridine rings is 1. The lowest BCUT2D eigenvalue weighted by molar-refractivity contribution is 0.500. The maximum Gasteiger partial charge on any atom is 0.266 e. The molecule has 2 heterocycles. The minimum Gasteiger partial charge on any atom is -0.419 e. The van der Waals surface area contributed by atoms with E-state index in [1.165, 1.54) is 12.1 Å².